The van der Waals surface area contributed by atoms with Crippen molar-refractivity contribution in [2.24, 2.45) is 5.41 Å². The van der Waals surface area contributed by atoms with Crippen LogP contribution in [0.15, 0.2) is 0 Å². The molecule has 0 amide bonds. The van der Waals surface area contributed by atoms with Crippen LogP contribution in [0.25, 0.3) is 0 Å². The third-order valence-corrected chi connectivity index (χ3v) is 5.49. The molecule has 0 unspecified atom stereocenters. The van der Waals surface area contributed by atoms with E-state index in [2.05, 4.69) is 11.9 Å². The van der Waals surface area contributed by atoms with Crippen molar-refractivity contribution < 1.29 is 8.42 Å². The van der Waals surface area contributed by atoms with E-state index < -0.39 is 9.84 Å². The zero-order valence-corrected chi connectivity index (χ0v) is 9.81. The molecule has 1 heterocycles. The predicted molar refractivity (Wildman–Crippen MR) is 57.0 cm³/mol. The molecule has 82 valence electrons. The summed E-state index contributed by atoms with van der Waals surface area (Å²) in [6.07, 6.45) is 5.35. The highest BCUT2D eigenvalue weighted by molar-refractivity contribution is 7.91. The summed E-state index contributed by atoms with van der Waals surface area (Å²) in [5.74, 6) is 0. The Hall–Kier alpha value is -0.0900. The van der Waals surface area contributed by atoms with E-state index in [-0.39, 0.29) is 5.25 Å². The van der Waals surface area contributed by atoms with Gasteiger partial charge in [-0.25, -0.2) is 8.42 Å². The minimum atomic E-state index is -2.79. The van der Waals surface area contributed by atoms with Gasteiger partial charge in [0.1, 0.15) is 9.84 Å². The minimum Gasteiger partial charge on any atom is -0.305 e. The molecular weight excluding hydrogens is 198 g/mol. The van der Waals surface area contributed by atoms with Gasteiger partial charge in [-0.05, 0) is 38.1 Å². The zero-order chi connectivity index (χ0) is 10.4. The van der Waals surface area contributed by atoms with E-state index in [0.717, 1.165) is 25.7 Å². The van der Waals surface area contributed by atoms with E-state index in [9.17, 15) is 8.42 Å². The lowest BCUT2D eigenvalue weighted by atomic mass is 9.69. The summed E-state index contributed by atoms with van der Waals surface area (Å²) in [4.78, 5) is 2.32. The summed E-state index contributed by atoms with van der Waals surface area (Å²) in [6.45, 7) is 2.34. The minimum absolute atomic E-state index is 0.0565. The van der Waals surface area contributed by atoms with Gasteiger partial charge in [0.05, 0.1) is 5.25 Å². The Bertz CT molecular complexity index is 307. The van der Waals surface area contributed by atoms with Crippen LogP contribution in [0.4, 0.5) is 0 Å². The van der Waals surface area contributed by atoms with E-state index in [1.54, 1.807) is 0 Å². The van der Waals surface area contributed by atoms with Crippen LogP contribution in [0.2, 0.25) is 0 Å². The first-order valence-corrected chi connectivity index (χ1v) is 7.24. The highest BCUT2D eigenvalue weighted by Crippen LogP contribution is 2.44. The fourth-order valence-corrected chi connectivity index (χ4v) is 4.14. The maximum absolute atomic E-state index is 11.4. The van der Waals surface area contributed by atoms with Gasteiger partial charge in [-0.1, -0.05) is 0 Å². The number of hydrogen-bond donors (Lipinski definition) is 0. The summed E-state index contributed by atoms with van der Waals surface area (Å²) in [6, 6.07) is 0. The zero-order valence-electron chi connectivity index (χ0n) is 8.99. The second-order valence-electron chi connectivity index (χ2n) is 5.20. The predicted octanol–water partition coefficient (Wildman–Crippen LogP) is 0.905. The van der Waals surface area contributed by atoms with Crippen LogP contribution in [-0.2, 0) is 9.84 Å². The van der Waals surface area contributed by atoms with Crippen molar-refractivity contribution in [1.82, 2.24) is 4.90 Å². The lowest BCUT2D eigenvalue weighted by Crippen LogP contribution is -2.56. The van der Waals surface area contributed by atoms with Crippen LogP contribution in [-0.4, -0.2) is 45.0 Å². The molecule has 1 aliphatic heterocycles. The Morgan fingerprint density at radius 3 is 2.07 bits per heavy atom. The van der Waals surface area contributed by atoms with E-state index >= 15 is 0 Å². The molecule has 2 rings (SSSR count). The standard InChI is InChI=1S/C10H19NO2S/c1-11-7-10(8-11)5-3-9(4-6-10)14(2,12)13/h9H,3-8H2,1-2H3. The van der Waals surface area contributed by atoms with Gasteiger partial charge in [-0.2, -0.15) is 0 Å². The highest BCUT2D eigenvalue weighted by Gasteiger charge is 2.44. The summed E-state index contributed by atoms with van der Waals surface area (Å²) >= 11 is 0. The molecule has 0 radical (unpaired) electrons. The second kappa shape index (κ2) is 3.20. The van der Waals surface area contributed by atoms with Gasteiger partial charge in [0.2, 0.25) is 0 Å². The molecule has 0 bridgehead atoms. The van der Waals surface area contributed by atoms with Gasteiger partial charge in [0.25, 0.3) is 0 Å². The molecule has 2 aliphatic rings. The SMILES string of the molecule is CN1CC2(CCC(S(C)(=O)=O)CC2)C1. The van der Waals surface area contributed by atoms with E-state index in [4.69, 9.17) is 0 Å². The van der Waals surface area contributed by atoms with Crippen molar-refractivity contribution in [2.75, 3.05) is 26.4 Å². The fraction of sp³-hybridized carbons (Fsp3) is 1.00. The molecule has 1 saturated carbocycles. The molecule has 3 nitrogen and oxygen atoms in total. The van der Waals surface area contributed by atoms with Crippen LogP contribution >= 0.6 is 0 Å². The first-order valence-electron chi connectivity index (χ1n) is 5.29. The number of sulfone groups is 1. The van der Waals surface area contributed by atoms with Crippen molar-refractivity contribution in [1.29, 1.82) is 0 Å². The third kappa shape index (κ3) is 1.82. The lowest BCUT2D eigenvalue weighted by Gasteiger charge is -2.52. The average Bonchev–Trinajstić information content (AvgIpc) is 2.01. The van der Waals surface area contributed by atoms with Crippen molar-refractivity contribution in [2.45, 2.75) is 30.9 Å². The molecule has 1 spiro atoms. The Morgan fingerprint density at radius 2 is 1.71 bits per heavy atom. The fourth-order valence-electron chi connectivity index (χ4n) is 3.05. The van der Waals surface area contributed by atoms with E-state index in [1.165, 1.54) is 19.3 Å². The topological polar surface area (TPSA) is 37.4 Å². The van der Waals surface area contributed by atoms with Gasteiger partial charge in [-0.15, -0.1) is 0 Å². The molecule has 0 aromatic rings. The number of hydrogen-bond acceptors (Lipinski definition) is 3. The largest absolute Gasteiger partial charge is 0.305 e. The Labute approximate surface area is 86.4 Å². The van der Waals surface area contributed by atoms with Gasteiger partial charge in [0, 0.05) is 19.3 Å². The Balaban J connectivity index is 1.93. The molecular formula is C10H19NO2S. The lowest BCUT2D eigenvalue weighted by molar-refractivity contribution is -0.00859. The first kappa shape index (κ1) is 10.4. The highest BCUT2D eigenvalue weighted by atomic mass is 32.2. The van der Waals surface area contributed by atoms with Gasteiger partial charge in [0.15, 0.2) is 0 Å². The summed E-state index contributed by atoms with van der Waals surface area (Å²) < 4.78 is 22.7. The maximum atomic E-state index is 11.4. The van der Waals surface area contributed by atoms with Crippen LogP contribution in [0.5, 0.6) is 0 Å². The van der Waals surface area contributed by atoms with E-state index in [1.807, 2.05) is 0 Å². The molecule has 4 heteroatoms. The molecule has 0 atom stereocenters. The number of nitrogens with zero attached hydrogens (tertiary/aromatic N) is 1. The molecule has 14 heavy (non-hydrogen) atoms. The van der Waals surface area contributed by atoms with Crippen molar-refractivity contribution in [3.8, 4) is 0 Å². The number of rotatable bonds is 1. The quantitative estimate of drug-likeness (QED) is 0.655. The van der Waals surface area contributed by atoms with Gasteiger partial charge in [-0.3, -0.25) is 0 Å². The molecule has 2 fully saturated rings. The molecule has 0 N–H and O–H groups in total. The van der Waals surface area contributed by atoms with Crippen LogP contribution in [0.3, 0.4) is 0 Å². The van der Waals surface area contributed by atoms with Crippen molar-refractivity contribution in [3.63, 3.8) is 0 Å². The number of likely N-dealkylation sites (tertiary alicyclic amines) is 1. The summed E-state index contributed by atoms with van der Waals surface area (Å²) in [7, 11) is -0.654. The molecule has 1 aliphatic carbocycles. The summed E-state index contributed by atoms with van der Waals surface area (Å²) in [5.41, 5.74) is 0.482. The average molecular weight is 217 g/mol. The normalized spacial score (nSPS) is 29.0. The molecule has 1 saturated heterocycles. The second-order valence-corrected chi connectivity index (χ2v) is 7.53. The maximum Gasteiger partial charge on any atom is 0.150 e. The van der Waals surface area contributed by atoms with E-state index in [0.29, 0.717) is 5.41 Å². The smallest absolute Gasteiger partial charge is 0.150 e. The molecule has 0 aromatic heterocycles. The van der Waals surface area contributed by atoms with Crippen molar-refractivity contribution in [3.05, 3.63) is 0 Å². The molecule has 0 aromatic carbocycles. The van der Waals surface area contributed by atoms with Crippen LogP contribution < -0.4 is 0 Å². The van der Waals surface area contributed by atoms with Crippen LogP contribution in [0.1, 0.15) is 25.7 Å². The summed E-state index contributed by atoms with van der Waals surface area (Å²) in [5, 5.41) is -0.0565. The van der Waals surface area contributed by atoms with Gasteiger partial charge < -0.3 is 4.90 Å². The monoisotopic (exact) mass is 217 g/mol. The van der Waals surface area contributed by atoms with Gasteiger partial charge >= 0.3 is 0 Å². The Kier molecular flexibility index (Phi) is 2.39. The first-order chi connectivity index (χ1) is 6.41. The Morgan fingerprint density at radius 1 is 1.21 bits per heavy atom. The third-order valence-electron chi connectivity index (χ3n) is 3.81. The van der Waals surface area contributed by atoms with Crippen molar-refractivity contribution >= 4 is 9.84 Å². The van der Waals surface area contributed by atoms with Crippen LogP contribution in [0, 0.1) is 5.41 Å².